The van der Waals surface area contributed by atoms with Crippen molar-refractivity contribution in [1.29, 1.82) is 5.41 Å². The van der Waals surface area contributed by atoms with E-state index in [2.05, 4.69) is 0 Å². The molecule has 0 atom stereocenters. The first-order valence-corrected chi connectivity index (χ1v) is 5.99. The standard InChI is InChI=1S/C9H16N4O2S/c1-7(14)12-2-4-13(5-3-12)8(15)6-16-9(10)11/h2-6H2,1H3,(H3,10,11). The van der Waals surface area contributed by atoms with E-state index >= 15 is 0 Å². The number of carbonyl (C=O) groups is 2. The highest BCUT2D eigenvalue weighted by molar-refractivity contribution is 8.14. The van der Waals surface area contributed by atoms with E-state index in [1.165, 1.54) is 6.92 Å². The van der Waals surface area contributed by atoms with Gasteiger partial charge in [0.2, 0.25) is 11.8 Å². The summed E-state index contributed by atoms with van der Waals surface area (Å²) in [5.74, 6) is 0.226. The van der Waals surface area contributed by atoms with Gasteiger partial charge in [0.05, 0.1) is 5.75 Å². The van der Waals surface area contributed by atoms with E-state index in [4.69, 9.17) is 11.1 Å². The molecule has 1 heterocycles. The molecule has 0 aromatic rings. The Labute approximate surface area is 98.6 Å². The average molecular weight is 244 g/mol. The maximum Gasteiger partial charge on any atom is 0.233 e. The van der Waals surface area contributed by atoms with E-state index in [1.807, 2.05) is 0 Å². The second kappa shape index (κ2) is 5.74. The van der Waals surface area contributed by atoms with Crippen molar-refractivity contribution in [1.82, 2.24) is 9.80 Å². The molecule has 90 valence electrons. The van der Waals surface area contributed by atoms with Crippen LogP contribution in [0.1, 0.15) is 6.92 Å². The molecule has 6 nitrogen and oxygen atoms in total. The van der Waals surface area contributed by atoms with Crippen molar-refractivity contribution >= 4 is 28.7 Å². The highest BCUT2D eigenvalue weighted by atomic mass is 32.2. The zero-order valence-electron chi connectivity index (χ0n) is 9.23. The van der Waals surface area contributed by atoms with Crippen LogP contribution in [-0.2, 0) is 9.59 Å². The molecule has 0 aromatic carbocycles. The molecule has 3 N–H and O–H groups in total. The Kier molecular flexibility index (Phi) is 4.60. The number of nitrogens with one attached hydrogen (secondary N) is 1. The normalized spacial score (nSPS) is 16.1. The van der Waals surface area contributed by atoms with Crippen LogP contribution in [0.25, 0.3) is 0 Å². The minimum absolute atomic E-state index is 0.0246. The van der Waals surface area contributed by atoms with Crippen LogP contribution >= 0.6 is 11.8 Å². The lowest BCUT2D eigenvalue weighted by molar-refractivity contribution is -0.136. The summed E-state index contributed by atoms with van der Waals surface area (Å²) in [6.07, 6.45) is 0. The second-order valence-electron chi connectivity index (χ2n) is 3.54. The summed E-state index contributed by atoms with van der Waals surface area (Å²) in [7, 11) is 0. The van der Waals surface area contributed by atoms with Crippen LogP contribution in [0.5, 0.6) is 0 Å². The number of piperazine rings is 1. The number of nitrogens with zero attached hydrogens (tertiary/aromatic N) is 2. The molecule has 16 heavy (non-hydrogen) atoms. The summed E-state index contributed by atoms with van der Waals surface area (Å²) in [4.78, 5) is 26.1. The van der Waals surface area contributed by atoms with Crippen molar-refractivity contribution in [3.63, 3.8) is 0 Å². The van der Waals surface area contributed by atoms with E-state index in [9.17, 15) is 9.59 Å². The van der Waals surface area contributed by atoms with Gasteiger partial charge in [0.15, 0.2) is 5.17 Å². The summed E-state index contributed by atoms with van der Waals surface area (Å²) in [5, 5.41) is 6.96. The average Bonchev–Trinajstić information content (AvgIpc) is 2.26. The van der Waals surface area contributed by atoms with Crippen molar-refractivity contribution in [2.75, 3.05) is 31.9 Å². The molecule has 0 unspecified atom stereocenters. The maximum absolute atomic E-state index is 11.6. The lowest BCUT2D eigenvalue weighted by Crippen LogP contribution is -2.50. The molecular weight excluding hydrogens is 228 g/mol. The predicted octanol–water partition coefficient (Wildman–Crippen LogP) is -0.696. The van der Waals surface area contributed by atoms with E-state index in [0.717, 1.165) is 11.8 Å². The van der Waals surface area contributed by atoms with Crippen LogP contribution in [-0.4, -0.2) is 58.7 Å². The minimum Gasteiger partial charge on any atom is -0.379 e. The van der Waals surface area contributed by atoms with Crippen LogP contribution in [0.2, 0.25) is 0 Å². The molecule has 0 radical (unpaired) electrons. The lowest BCUT2D eigenvalue weighted by atomic mass is 10.3. The van der Waals surface area contributed by atoms with Gasteiger partial charge < -0.3 is 15.5 Å². The third-order valence-corrected chi connectivity index (χ3v) is 3.13. The van der Waals surface area contributed by atoms with Gasteiger partial charge in [0.1, 0.15) is 0 Å². The number of amides is 2. The first-order chi connectivity index (χ1) is 7.50. The third kappa shape index (κ3) is 3.73. The Morgan fingerprint density at radius 2 is 1.75 bits per heavy atom. The molecular formula is C9H16N4O2S. The van der Waals surface area contributed by atoms with Crippen LogP contribution in [0.3, 0.4) is 0 Å². The Hall–Kier alpha value is -1.24. The number of amidine groups is 1. The van der Waals surface area contributed by atoms with Gasteiger partial charge in [-0.25, -0.2) is 0 Å². The fourth-order valence-electron chi connectivity index (χ4n) is 1.50. The molecule has 0 aliphatic carbocycles. The van der Waals surface area contributed by atoms with Crippen molar-refractivity contribution in [3.8, 4) is 0 Å². The first-order valence-electron chi connectivity index (χ1n) is 5.01. The van der Waals surface area contributed by atoms with Gasteiger partial charge in [-0.15, -0.1) is 0 Å². The molecule has 0 aromatic heterocycles. The molecule has 1 rings (SSSR count). The summed E-state index contributed by atoms with van der Waals surface area (Å²) in [5.41, 5.74) is 5.15. The Balaban J connectivity index is 2.33. The fourth-order valence-corrected chi connectivity index (χ4v) is 1.96. The predicted molar refractivity (Wildman–Crippen MR) is 63.2 cm³/mol. The zero-order chi connectivity index (χ0) is 12.1. The second-order valence-corrected chi connectivity index (χ2v) is 4.56. The van der Waals surface area contributed by atoms with Gasteiger partial charge in [-0.2, -0.15) is 0 Å². The van der Waals surface area contributed by atoms with Gasteiger partial charge in [-0.05, 0) is 0 Å². The topological polar surface area (TPSA) is 90.5 Å². The maximum atomic E-state index is 11.6. The summed E-state index contributed by atoms with van der Waals surface area (Å²) >= 11 is 1.03. The number of hydrogen-bond donors (Lipinski definition) is 2. The molecule has 2 amide bonds. The summed E-state index contributed by atoms with van der Waals surface area (Å²) in [6.45, 7) is 3.84. The first kappa shape index (κ1) is 12.8. The summed E-state index contributed by atoms with van der Waals surface area (Å²) in [6, 6.07) is 0. The summed E-state index contributed by atoms with van der Waals surface area (Å²) < 4.78 is 0. The Morgan fingerprint density at radius 1 is 1.25 bits per heavy atom. The fraction of sp³-hybridized carbons (Fsp3) is 0.667. The SMILES string of the molecule is CC(=O)N1CCN(C(=O)CSC(=N)N)CC1. The van der Waals surface area contributed by atoms with Crippen molar-refractivity contribution < 1.29 is 9.59 Å². The molecule has 1 aliphatic heterocycles. The number of hydrogen-bond acceptors (Lipinski definition) is 4. The van der Waals surface area contributed by atoms with Crippen molar-refractivity contribution in [2.45, 2.75) is 6.92 Å². The molecule has 0 bridgehead atoms. The number of thioether (sulfide) groups is 1. The van der Waals surface area contributed by atoms with Gasteiger partial charge in [-0.3, -0.25) is 15.0 Å². The molecule has 1 fully saturated rings. The minimum atomic E-state index is -0.0456. The monoisotopic (exact) mass is 244 g/mol. The Bertz CT molecular complexity index is 300. The molecule has 0 saturated carbocycles. The quantitative estimate of drug-likeness (QED) is 0.496. The van der Waals surface area contributed by atoms with Crippen molar-refractivity contribution in [3.05, 3.63) is 0 Å². The van der Waals surface area contributed by atoms with Crippen molar-refractivity contribution in [2.24, 2.45) is 5.73 Å². The van der Waals surface area contributed by atoms with Gasteiger partial charge in [-0.1, -0.05) is 11.8 Å². The highest BCUT2D eigenvalue weighted by Crippen LogP contribution is 2.06. The van der Waals surface area contributed by atoms with Gasteiger partial charge >= 0.3 is 0 Å². The molecule has 1 saturated heterocycles. The van der Waals surface area contributed by atoms with Gasteiger partial charge in [0, 0.05) is 33.1 Å². The third-order valence-electron chi connectivity index (χ3n) is 2.43. The van der Waals surface area contributed by atoms with Crippen LogP contribution in [0.15, 0.2) is 0 Å². The largest absolute Gasteiger partial charge is 0.379 e. The van der Waals surface area contributed by atoms with E-state index < -0.39 is 0 Å². The molecule has 7 heteroatoms. The zero-order valence-corrected chi connectivity index (χ0v) is 10.0. The Morgan fingerprint density at radius 3 is 2.19 bits per heavy atom. The van der Waals surface area contributed by atoms with E-state index in [1.54, 1.807) is 9.80 Å². The number of rotatable bonds is 2. The van der Waals surface area contributed by atoms with Gasteiger partial charge in [0.25, 0.3) is 0 Å². The van der Waals surface area contributed by atoms with Crippen LogP contribution in [0, 0.1) is 5.41 Å². The van der Waals surface area contributed by atoms with E-state index in [0.29, 0.717) is 26.2 Å². The molecule has 0 spiro atoms. The van der Waals surface area contributed by atoms with Crippen LogP contribution in [0.4, 0.5) is 0 Å². The molecule has 1 aliphatic rings. The smallest absolute Gasteiger partial charge is 0.233 e. The van der Waals surface area contributed by atoms with E-state index in [-0.39, 0.29) is 22.7 Å². The number of nitrogens with two attached hydrogens (primary N) is 1. The van der Waals surface area contributed by atoms with Crippen LogP contribution < -0.4 is 5.73 Å². The highest BCUT2D eigenvalue weighted by Gasteiger charge is 2.22. The number of carbonyl (C=O) groups excluding carboxylic acids is 2. The lowest BCUT2D eigenvalue weighted by Gasteiger charge is -2.34.